The van der Waals surface area contributed by atoms with Gasteiger partial charge in [-0.25, -0.2) is 0 Å². The average Bonchev–Trinajstić information content (AvgIpc) is 2.55. The molecule has 1 amide bonds. The molecule has 3 nitrogen and oxygen atoms in total. The van der Waals surface area contributed by atoms with Gasteiger partial charge >= 0.3 is 12.4 Å². The quantitative estimate of drug-likeness (QED) is 0.594. The molecule has 10 heteroatoms. The molecule has 2 aromatic carbocycles. The van der Waals surface area contributed by atoms with Crippen molar-refractivity contribution in [1.82, 2.24) is 0 Å². The molecule has 2 aromatic rings. The standard InChI is InChI=1S/C18H14ClF6NO2/c1-16(2,28-14-5-3-12(19)4-6-14)15(27)26-13-8-10(17(20,21)22)7-11(9-13)18(23,24)25/h3-9H,1-2H3,(H,26,27). The lowest BCUT2D eigenvalue weighted by Crippen LogP contribution is -2.42. The van der Waals surface area contributed by atoms with E-state index in [1.165, 1.54) is 38.1 Å². The number of carbonyl (C=O) groups is 1. The van der Waals surface area contributed by atoms with E-state index < -0.39 is 40.7 Å². The van der Waals surface area contributed by atoms with Crippen LogP contribution < -0.4 is 10.1 Å². The number of rotatable bonds is 4. The minimum absolute atomic E-state index is 0.0228. The fraction of sp³-hybridized carbons (Fsp3) is 0.278. The molecule has 0 aliphatic carbocycles. The van der Waals surface area contributed by atoms with Gasteiger partial charge in [-0.2, -0.15) is 26.3 Å². The Kier molecular flexibility index (Phi) is 5.89. The summed E-state index contributed by atoms with van der Waals surface area (Å²) in [7, 11) is 0. The maximum atomic E-state index is 12.9. The molecule has 0 spiro atoms. The van der Waals surface area contributed by atoms with Crippen molar-refractivity contribution in [2.24, 2.45) is 0 Å². The third kappa shape index (κ3) is 5.54. The summed E-state index contributed by atoms with van der Waals surface area (Å²) in [5, 5.41) is 2.46. The Labute approximate surface area is 161 Å². The first-order valence-electron chi connectivity index (χ1n) is 7.74. The molecular formula is C18H14ClF6NO2. The Hall–Kier alpha value is -2.42. The Morgan fingerprint density at radius 3 is 1.79 bits per heavy atom. The first kappa shape index (κ1) is 21.9. The molecule has 0 aliphatic heterocycles. The Morgan fingerprint density at radius 1 is 0.893 bits per heavy atom. The summed E-state index contributed by atoms with van der Waals surface area (Å²) in [4.78, 5) is 12.4. The molecule has 0 bridgehead atoms. The minimum atomic E-state index is -5.02. The maximum absolute atomic E-state index is 12.9. The summed E-state index contributed by atoms with van der Waals surface area (Å²) in [5.41, 5.74) is -5.32. The third-order valence-corrected chi connectivity index (χ3v) is 3.83. The number of hydrogen-bond acceptors (Lipinski definition) is 2. The van der Waals surface area contributed by atoms with Crippen molar-refractivity contribution >= 4 is 23.2 Å². The highest BCUT2D eigenvalue weighted by Gasteiger charge is 2.38. The van der Waals surface area contributed by atoms with E-state index in [1.807, 2.05) is 5.32 Å². The van der Waals surface area contributed by atoms with Crippen molar-refractivity contribution in [3.05, 3.63) is 58.6 Å². The van der Waals surface area contributed by atoms with Gasteiger partial charge in [0, 0.05) is 10.7 Å². The van der Waals surface area contributed by atoms with Crippen molar-refractivity contribution in [2.75, 3.05) is 5.32 Å². The molecule has 0 fully saturated rings. The molecule has 0 radical (unpaired) electrons. The van der Waals surface area contributed by atoms with Crippen LogP contribution in [0.4, 0.5) is 32.0 Å². The summed E-state index contributed by atoms with van der Waals surface area (Å²) in [6.45, 7) is 2.63. The summed E-state index contributed by atoms with van der Waals surface area (Å²) in [5.74, 6) is -0.695. The zero-order valence-corrected chi connectivity index (χ0v) is 15.3. The fourth-order valence-corrected chi connectivity index (χ4v) is 2.28. The van der Waals surface area contributed by atoms with Crippen LogP contribution in [-0.2, 0) is 17.1 Å². The molecule has 0 heterocycles. The number of carbonyl (C=O) groups excluding carboxylic acids is 1. The van der Waals surface area contributed by atoms with Crippen LogP contribution in [0.2, 0.25) is 5.02 Å². The lowest BCUT2D eigenvalue weighted by atomic mass is 10.1. The van der Waals surface area contributed by atoms with Gasteiger partial charge in [0.2, 0.25) is 0 Å². The fourth-order valence-electron chi connectivity index (χ4n) is 2.15. The van der Waals surface area contributed by atoms with Gasteiger partial charge in [-0.1, -0.05) is 11.6 Å². The summed E-state index contributed by atoms with van der Waals surface area (Å²) in [6, 6.07) is 6.73. The number of hydrogen-bond donors (Lipinski definition) is 1. The van der Waals surface area contributed by atoms with Crippen LogP contribution in [0.15, 0.2) is 42.5 Å². The first-order chi connectivity index (χ1) is 12.7. The molecule has 0 unspecified atom stereocenters. The molecule has 0 atom stereocenters. The molecule has 2 rings (SSSR count). The molecule has 1 N–H and O–H groups in total. The van der Waals surface area contributed by atoms with Crippen molar-refractivity contribution in [2.45, 2.75) is 31.8 Å². The first-order valence-corrected chi connectivity index (χ1v) is 8.12. The number of halogens is 7. The zero-order chi connectivity index (χ0) is 21.3. The van der Waals surface area contributed by atoms with Gasteiger partial charge in [0.1, 0.15) is 5.75 Å². The topological polar surface area (TPSA) is 38.3 Å². The van der Waals surface area contributed by atoms with E-state index in [0.717, 1.165) is 0 Å². The highest BCUT2D eigenvalue weighted by Crippen LogP contribution is 2.37. The largest absolute Gasteiger partial charge is 0.478 e. The Balaban J connectivity index is 2.29. The molecule has 0 aliphatic rings. The third-order valence-electron chi connectivity index (χ3n) is 3.58. The number of alkyl halides is 6. The lowest BCUT2D eigenvalue weighted by molar-refractivity contribution is -0.143. The normalized spacial score (nSPS) is 12.6. The summed E-state index contributed by atoms with van der Waals surface area (Å²) < 4.78 is 82.9. The molecule has 28 heavy (non-hydrogen) atoms. The van der Waals surface area contributed by atoms with E-state index in [0.29, 0.717) is 17.2 Å². The Morgan fingerprint density at radius 2 is 1.36 bits per heavy atom. The van der Waals surface area contributed by atoms with E-state index in [1.54, 1.807) is 0 Å². The van der Waals surface area contributed by atoms with Crippen molar-refractivity contribution in [1.29, 1.82) is 0 Å². The second-order valence-corrected chi connectivity index (χ2v) is 6.75. The van der Waals surface area contributed by atoms with Crippen LogP contribution in [0.5, 0.6) is 5.75 Å². The van der Waals surface area contributed by atoms with Gasteiger partial charge in [0.05, 0.1) is 11.1 Å². The zero-order valence-electron chi connectivity index (χ0n) is 14.5. The van der Waals surface area contributed by atoms with Gasteiger partial charge in [-0.3, -0.25) is 4.79 Å². The maximum Gasteiger partial charge on any atom is 0.416 e. The SMILES string of the molecule is CC(C)(Oc1ccc(Cl)cc1)C(=O)Nc1cc(C(F)(F)F)cc(C(F)(F)F)c1. The van der Waals surface area contributed by atoms with E-state index in [2.05, 4.69) is 0 Å². The van der Waals surface area contributed by atoms with Gasteiger partial charge in [-0.15, -0.1) is 0 Å². The van der Waals surface area contributed by atoms with E-state index >= 15 is 0 Å². The van der Waals surface area contributed by atoms with E-state index in [4.69, 9.17) is 16.3 Å². The van der Waals surface area contributed by atoms with Crippen LogP contribution in [0, 0.1) is 0 Å². The van der Waals surface area contributed by atoms with Crippen molar-refractivity contribution < 1.29 is 35.9 Å². The number of anilines is 1. The highest BCUT2D eigenvalue weighted by atomic mass is 35.5. The van der Waals surface area contributed by atoms with Crippen LogP contribution in [0.25, 0.3) is 0 Å². The number of amides is 1. The monoisotopic (exact) mass is 425 g/mol. The molecule has 0 saturated heterocycles. The highest BCUT2D eigenvalue weighted by molar-refractivity contribution is 6.30. The average molecular weight is 426 g/mol. The Bertz CT molecular complexity index is 828. The van der Waals surface area contributed by atoms with Gasteiger partial charge in [0.25, 0.3) is 5.91 Å². The smallest absolute Gasteiger partial charge is 0.416 e. The van der Waals surface area contributed by atoms with Crippen molar-refractivity contribution in [3.63, 3.8) is 0 Å². The molecule has 152 valence electrons. The second-order valence-electron chi connectivity index (χ2n) is 6.31. The van der Waals surface area contributed by atoms with Crippen LogP contribution in [0.1, 0.15) is 25.0 Å². The summed E-state index contributed by atoms with van der Waals surface area (Å²) >= 11 is 5.74. The molecule has 0 aromatic heterocycles. The van der Waals surface area contributed by atoms with E-state index in [-0.39, 0.29) is 11.8 Å². The lowest BCUT2D eigenvalue weighted by Gasteiger charge is -2.26. The number of nitrogens with one attached hydrogen (secondary N) is 1. The van der Waals surface area contributed by atoms with E-state index in [9.17, 15) is 31.1 Å². The predicted molar refractivity (Wildman–Crippen MR) is 91.2 cm³/mol. The van der Waals surface area contributed by atoms with Gasteiger partial charge < -0.3 is 10.1 Å². The molecular weight excluding hydrogens is 412 g/mol. The van der Waals surface area contributed by atoms with Gasteiger partial charge in [0.15, 0.2) is 5.60 Å². The van der Waals surface area contributed by atoms with Gasteiger partial charge in [-0.05, 0) is 56.3 Å². The molecule has 0 saturated carbocycles. The predicted octanol–water partition coefficient (Wildman–Crippen LogP) is 6.17. The second kappa shape index (κ2) is 7.54. The summed E-state index contributed by atoms with van der Waals surface area (Å²) in [6.07, 6.45) is -10.0. The minimum Gasteiger partial charge on any atom is -0.478 e. The van der Waals surface area contributed by atoms with Crippen molar-refractivity contribution in [3.8, 4) is 5.75 Å². The number of ether oxygens (including phenoxy) is 1. The van der Waals surface area contributed by atoms with Crippen LogP contribution >= 0.6 is 11.6 Å². The van der Waals surface area contributed by atoms with Crippen LogP contribution in [-0.4, -0.2) is 11.5 Å². The van der Waals surface area contributed by atoms with Crippen LogP contribution in [0.3, 0.4) is 0 Å². The number of benzene rings is 2.